The number of anilines is 1. The summed E-state index contributed by atoms with van der Waals surface area (Å²) in [6.45, 7) is 1.56. The first-order valence-electron chi connectivity index (χ1n) is 11.0. The van der Waals surface area contributed by atoms with Crippen molar-refractivity contribution in [2.75, 3.05) is 12.5 Å². The Kier molecular flexibility index (Phi) is 5.87. The van der Waals surface area contributed by atoms with Crippen molar-refractivity contribution in [2.45, 2.75) is 25.6 Å². The predicted molar refractivity (Wildman–Crippen MR) is 128 cm³/mol. The molecule has 0 saturated heterocycles. The van der Waals surface area contributed by atoms with E-state index in [1.54, 1.807) is 0 Å². The number of nitrogens with one attached hydrogen (secondary N) is 3. The van der Waals surface area contributed by atoms with Gasteiger partial charge in [0, 0.05) is 35.4 Å². The highest BCUT2D eigenvalue weighted by atomic mass is 16.7. The van der Waals surface area contributed by atoms with Gasteiger partial charge in [-0.2, -0.15) is 0 Å². The fourth-order valence-corrected chi connectivity index (χ4v) is 4.12. The minimum atomic E-state index is -0.203. The monoisotopic (exact) mass is 442 g/mol. The zero-order chi connectivity index (χ0) is 22.6. The number of benzene rings is 3. The smallest absolute Gasteiger partial charge is 0.237 e. The lowest BCUT2D eigenvalue weighted by atomic mass is 9.98. The quantitative estimate of drug-likeness (QED) is 0.364. The number of H-pyrrole nitrogens is 1. The fourth-order valence-electron chi connectivity index (χ4n) is 4.12. The van der Waals surface area contributed by atoms with Crippen molar-refractivity contribution in [3.8, 4) is 11.5 Å². The van der Waals surface area contributed by atoms with Gasteiger partial charge in [0.25, 0.3) is 0 Å². The number of amides is 1. The molecular formula is C26H26N4O3. The van der Waals surface area contributed by atoms with E-state index in [0.29, 0.717) is 26.3 Å². The minimum absolute atomic E-state index is 0.0303. The number of carbonyl (C=O) groups excluding carboxylic acids is 1. The average Bonchev–Trinajstić information content (AvgIpc) is 3.48. The van der Waals surface area contributed by atoms with Crippen LogP contribution >= 0.6 is 0 Å². The zero-order valence-electron chi connectivity index (χ0n) is 18.1. The molecule has 0 unspecified atom stereocenters. The zero-order valence-corrected chi connectivity index (χ0v) is 18.1. The third kappa shape index (κ3) is 4.63. The largest absolute Gasteiger partial charge is 0.454 e. The summed E-state index contributed by atoms with van der Waals surface area (Å²) in [5, 5.41) is 7.54. The van der Waals surface area contributed by atoms with Crippen molar-refractivity contribution in [3.63, 3.8) is 0 Å². The first-order valence-corrected chi connectivity index (χ1v) is 11.0. The van der Waals surface area contributed by atoms with Crippen LogP contribution < -0.4 is 25.8 Å². The molecule has 6 rings (SSSR count). The molecule has 3 heterocycles. The van der Waals surface area contributed by atoms with Crippen LogP contribution in [0, 0.1) is 0 Å². The van der Waals surface area contributed by atoms with Crippen molar-refractivity contribution < 1.29 is 14.3 Å². The van der Waals surface area contributed by atoms with Gasteiger partial charge >= 0.3 is 0 Å². The van der Waals surface area contributed by atoms with E-state index in [2.05, 4.69) is 27.8 Å². The number of ether oxygens (including phenoxy) is 2. The SMILES string of the molecule is Nc1ccc(CNC(=O)[C@@H]2Cc3c([nH]c4ccccc34)CN2)cc1.c1ccc2c(c1)OCO2. The van der Waals surface area contributed by atoms with E-state index < -0.39 is 0 Å². The number of nitrogens with two attached hydrogens (primary N) is 1. The summed E-state index contributed by atoms with van der Waals surface area (Å²) >= 11 is 0. The van der Waals surface area contributed by atoms with Crippen LogP contribution in [0.1, 0.15) is 16.8 Å². The number of aromatic nitrogens is 1. The second kappa shape index (κ2) is 9.26. The Hall–Kier alpha value is -3.97. The first-order chi connectivity index (χ1) is 16.2. The van der Waals surface area contributed by atoms with Crippen LogP contribution in [-0.4, -0.2) is 23.7 Å². The average molecular weight is 443 g/mol. The molecule has 33 heavy (non-hydrogen) atoms. The number of fused-ring (bicyclic) bond motifs is 4. The number of hydrogen-bond donors (Lipinski definition) is 4. The Bertz CT molecular complexity index is 1240. The maximum atomic E-state index is 12.5. The molecule has 4 aromatic rings. The lowest BCUT2D eigenvalue weighted by Crippen LogP contribution is -2.47. The topological polar surface area (TPSA) is 101 Å². The molecule has 7 heteroatoms. The van der Waals surface area contributed by atoms with Crippen LogP contribution in [0.4, 0.5) is 5.69 Å². The Labute approximate surface area is 191 Å². The summed E-state index contributed by atoms with van der Waals surface area (Å²) in [7, 11) is 0. The van der Waals surface area contributed by atoms with Gasteiger partial charge < -0.3 is 25.5 Å². The number of para-hydroxylation sites is 3. The van der Waals surface area contributed by atoms with E-state index in [-0.39, 0.29) is 11.9 Å². The number of hydrogen-bond acceptors (Lipinski definition) is 5. The molecule has 1 aromatic heterocycles. The Morgan fingerprint density at radius 2 is 1.67 bits per heavy atom. The highest BCUT2D eigenvalue weighted by molar-refractivity contribution is 5.88. The van der Waals surface area contributed by atoms with E-state index in [0.717, 1.165) is 28.3 Å². The van der Waals surface area contributed by atoms with Crippen LogP contribution in [0.2, 0.25) is 0 Å². The van der Waals surface area contributed by atoms with Gasteiger partial charge in [0.05, 0.1) is 6.04 Å². The number of nitrogen functional groups attached to an aromatic ring is 1. The summed E-state index contributed by atoms with van der Waals surface area (Å²) in [5.74, 6) is 1.72. The van der Waals surface area contributed by atoms with E-state index in [9.17, 15) is 4.79 Å². The normalized spacial score (nSPS) is 15.9. The maximum absolute atomic E-state index is 12.5. The van der Waals surface area contributed by atoms with Gasteiger partial charge in [-0.05, 0) is 47.9 Å². The molecule has 2 aliphatic rings. The third-order valence-corrected chi connectivity index (χ3v) is 5.88. The number of rotatable bonds is 3. The molecule has 0 fully saturated rings. The van der Waals surface area contributed by atoms with Crippen LogP contribution in [0.15, 0.2) is 72.8 Å². The summed E-state index contributed by atoms with van der Waals surface area (Å²) in [6, 6.07) is 23.2. The van der Waals surface area contributed by atoms with E-state index in [1.807, 2.05) is 60.7 Å². The molecule has 3 aromatic carbocycles. The van der Waals surface area contributed by atoms with Crippen LogP contribution in [0.5, 0.6) is 11.5 Å². The number of carbonyl (C=O) groups is 1. The van der Waals surface area contributed by atoms with Crippen molar-refractivity contribution in [1.29, 1.82) is 0 Å². The lowest BCUT2D eigenvalue weighted by molar-refractivity contribution is -0.123. The Morgan fingerprint density at radius 3 is 2.42 bits per heavy atom. The van der Waals surface area contributed by atoms with Crippen molar-refractivity contribution in [3.05, 3.63) is 89.6 Å². The van der Waals surface area contributed by atoms with Crippen molar-refractivity contribution in [2.24, 2.45) is 0 Å². The van der Waals surface area contributed by atoms with E-state index >= 15 is 0 Å². The molecule has 0 radical (unpaired) electrons. The maximum Gasteiger partial charge on any atom is 0.237 e. The van der Waals surface area contributed by atoms with E-state index in [4.69, 9.17) is 15.2 Å². The minimum Gasteiger partial charge on any atom is -0.454 e. The van der Waals surface area contributed by atoms with Gasteiger partial charge in [0.1, 0.15) is 0 Å². The van der Waals surface area contributed by atoms with Gasteiger partial charge in [-0.3, -0.25) is 10.1 Å². The summed E-state index contributed by atoms with van der Waals surface area (Å²) in [4.78, 5) is 15.9. The molecule has 0 bridgehead atoms. The Balaban J connectivity index is 0.000000211. The summed E-state index contributed by atoms with van der Waals surface area (Å²) in [5.41, 5.74) is 11.0. The van der Waals surface area contributed by atoms with Crippen molar-refractivity contribution in [1.82, 2.24) is 15.6 Å². The molecule has 1 amide bonds. The van der Waals surface area contributed by atoms with Gasteiger partial charge in [-0.1, -0.05) is 42.5 Å². The summed E-state index contributed by atoms with van der Waals surface area (Å²) in [6.07, 6.45) is 0.701. The van der Waals surface area contributed by atoms with Crippen LogP contribution in [0.3, 0.4) is 0 Å². The van der Waals surface area contributed by atoms with E-state index in [1.165, 1.54) is 16.6 Å². The van der Waals surface area contributed by atoms with Gasteiger partial charge in [-0.15, -0.1) is 0 Å². The second-order valence-electron chi connectivity index (χ2n) is 8.08. The van der Waals surface area contributed by atoms with Crippen molar-refractivity contribution >= 4 is 22.5 Å². The van der Waals surface area contributed by atoms with Crippen LogP contribution in [0.25, 0.3) is 10.9 Å². The Morgan fingerprint density at radius 1 is 0.970 bits per heavy atom. The van der Waals surface area contributed by atoms with Gasteiger partial charge in [-0.25, -0.2) is 0 Å². The molecule has 168 valence electrons. The van der Waals surface area contributed by atoms with Crippen LogP contribution in [-0.2, 0) is 24.3 Å². The lowest BCUT2D eigenvalue weighted by Gasteiger charge is -2.23. The molecule has 2 aliphatic heterocycles. The molecule has 0 saturated carbocycles. The molecule has 7 nitrogen and oxygen atoms in total. The predicted octanol–water partition coefficient (Wildman–Crippen LogP) is 3.50. The van der Waals surface area contributed by atoms with Gasteiger partial charge in [0.15, 0.2) is 11.5 Å². The highest BCUT2D eigenvalue weighted by Gasteiger charge is 2.26. The standard InChI is InChI=1S/C19H20N4O.C7H6O2/c20-13-7-5-12(6-8-13)10-22-19(24)17-9-15-14-3-1-2-4-16(14)23-18(15)11-21-17;1-2-4-7-6(3-1)8-5-9-7/h1-8,17,21,23H,9-11,20H2,(H,22,24);1-4H,5H2/t17-;/m0./s1. The highest BCUT2D eigenvalue weighted by Crippen LogP contribution is 2.30. The first kappa shape index (κ1) is 20.9. The fraction of sp³-hybridized carbons (Fsp3) is 0.192. The number of aromatic amines is 1. The molecule has 0 aliphatic carbocycles. The summed E-state index contributed by atoms with van der Waals surface area (Å²) < 4.78 is 10.2. The molecule has 0 spiro atoms. The third-order valence-electron chi connectivity index (χ3n) is 5.88. The molecule has 5 N–H and O–H groups in total. The molecular weight excluding hydrogens is 416 g/mol. The second-order valence-corrected chi connectivity index (χ2v) is 8.08. The molecule has 1 atom stereocenters. The van der Waals surface area contributed by atoms with Gasteiger partial charge in [0.2, 0.25) is 12.7 Å².